The molecule has 23 heavy (non-hydrogen) atoms. The largest absolute Gasteiger partial charge is 0.393 e. The highest BCUT2D eigenvalue weighted by Gasteiger charge is 2.27. The maximum atomic E-state index is 12.8. The fourth-order valence-corrected chi connectivity index (χ4v) is 1.66. The number of halogens is 1. The van der Waals surface area contributed by atoms with Crippen LogP contribution in [0.5, 0.6) is 0 Å². The van der Waals surface area contributed by atoms with Gasteiger partial charge in [-0.2, -0.15) is 5.10 Å². The van der Waals surface area contributed by atoms with E-state index >= 15 is 0 Å². The lowest BCUT2D eigenvalue weighted by atomic mass is 10.2. The number of carbonyl (C=O) groups is 1. The standard InChI is InChI=1S/C13H12FN5O4/c1-2-18-7-10(19(21)22)11(16-18)13(20)23-17-12(15)8-3-5-9(14)6-4-8/h3-7H,2H2,1H3,(H2,15,17). The van der Waals surface area contributed by atoms with E-state index in [1.54, 1.807) is 6.92 Å². The number of benzene rings is 1. The summed E-state index contributed by atoms with van der Waals surface area (Å²) in [6, 6.07) is 5.01. The van der Waals surface area contributed by atoms with Crippen molar-refractivity contribution in [3.05, 3.63) is 57.7 Å². The van der Waals surface area contributed by atoms with Crippen LogP contribution in [-0.2, 0) is 11.4 Å². The molecule has 9 nitrogen and oxygen atoms in total. The lowest BCUT2D eigenvalue weighted by Crippen LogP contribution is -2.15. The fourth-order valence-electron chi connectivity index (χ4n) is 1.66. The van der Waals surface area contributed by atoms with Crippen molar-refractivity contribution in [2.75, 3.05) is 0 Å². The van der Waals surface area contributed by atoms with Gasteiger partial charge >= 0.3 is 11.7 Å². The third kappa shape index (κ3) is 3.67. The van der Waals surface area contributed by atoms with E-state index in [0.29, 0.717) is 12.1 Å². The van der Waals surface area contributed by atoms with Crippen molar-refractivity contribution in [3.63, 3.8) is 0 Å². The van der Waals surface area contributed by atoms with Crippen molar-refractivity contribution in [2.24, 2.45) is 10.9 Å². The van der Waals surface area contributed by atoms with Gasteiger partial charge in [-0.1, -0.05) is 5.16 Å². The molecule has 0 radical (unpaired) electrons. The minimum absolute atomic E-state index is 0.184. The molecule has 2 aromatic rings. The predicted octanol–water partition coefficient (Wildman–Crippen LogP) is 1.43. The van der Waals surface area contributed by atoms with Gasteiger partial charge in [-0.05, 0) is 31.2 Å². The Balaban J connectivity index is 2.19. The van der Waals surface area contributed by atoms with Gasteiger partial charge < -0.3 is 10.6 Å². The minimum Gasteiger partial charge on any atom is -0.380 e. The number of oxime groups is 1. The van der Waals surface area contributed by atoms with Gasteiger partial charge in [-0.3, -0.25) is 14.8 Å². The summed E-state index contributed by atoms with van der Waals surface area (Å²) in [4.78, 5) is 26.6. The average molecular weight is 321 g/mol. The molecule has 0 fully saturated rings. The maximum absolute atomic E-state index is 12.8. The van der Waals surface area contributed by atoms with Gasteiger partial charge in [0.2, 0.25) is 5.69 Å². The number of amidine groups is 1. The van der Waals surface area contributed by atoms with Gasteiger partial charge in [-0.15, -0.1) is 0 Å². The first-order chi connectivity index (χ1) is 10.9. The van der Waals surface area contributed by atoms with Crippen molar-refractivity contribution in [3.8, 4) is 0 Å². The second-order valence-corrected chi connectivity index (χ2v) is 4.34. The van der Waals surface area contributed by atoms with Crippen molar-refractivity contribution < 1.29 is 18.9 Å². The van der Waals surface area contributed by atoms with Gasteiger partial charge in [0.05, 0.1) is 4.92 Å². The van der Waals surface area contributed by atoms with Gasteiger partial charge in [0.25, 0.3) is 0 Å². The Morgan fingerprint density at radius 3 is 2.70 bits per heavy atom. The number of aromatic nitrogens is 2. The molecule has 1 aromatic heterocycles. The highest BCUT2D eigenvalue weighted by molar-refractivity contribution is 5.98. The van der Waals surface area contributed by atoms with Crippen molar-refractivity contribution in [2.45, 2.75) is 13.5 Å². The molecule has 2 rings (SSSR count). The minimum atomic E-state index is -1.12. The Morgan fingerprint density at radius 2 is 2.13 bits per heavy atom. The van der Waals surface area contributed by atoms with Crippen LogP contribution in [0.1, 0.15) is 23.0 Å². The van der Waals surface area contributed by atoms with Crippen LogP contribution in [0.3, 0.4) is 0 Å². The first kappa shape index (κ1) is 16.1. The fraction of sp³-hybridized carbons (Fsp3) is 0.154. The third-order valence-electron chi connectivity index (χ3n) is 2.82. The van der Waals surface area contributed by atoms with Gasteiger partial charge in [0.15, 0.2) is 5.84 Å². The smallest absolute Gasteiger partial charge is 0.380 e. The molecule has 0 aliphatic rings. The number of nitro groups is 1. The summed E-state index contributed by atoms with van der Waals surface area (Å²) in [5, 5.41) is 18.0. The molecule has 1 heterocycles. The van der Waals surface area contributed by atoms with Crippen LogP contribution in [-0.4, -0.2) is 26.5 Å². The van der Waals surface area contributed by atoms with Gasteiger partial charge in [0, 0.05) is 12.1 Å². The Morgan fingerprint density at radius 1 is 1.48 bits per heavy atom. The summed E-state index contributed by atoms with van der Waals surface area (Å²) < 4.78 is 14.0. The molecular weight excluding hydrogens is 309 g/mol. The number of carbonyl (C=O) groups excluding carboxylic acids is 1. The van der Waals surface area contributed by atoms with Crippen LogP contribution in [0, 0.1) is 15.9 Å². The van der Waals surface area contributed by atoms with Gasteiger partial charge in [0.1, 0.15) is 12.0 Å². The van der Waals surface area contributed by atoms with Crippen LogP contribution >= 0.6 is 0 Å². The topological polar surface area (TPSA) is 126 Å². The summed E-state index contributed by atoms with van der Waals surface area (Å²) in [7, 11) is 0. The van der Waals surface area contributed by atoms with Crippen LogP contribution in [0.15, 0.2) is 35.6 Å². The molecule has 0 aliphatic carbocycles. The normalized spacial score (nSPS) is 11.3. The number of hydrogen-bond acceptors (Lipinski definition) is 6. The van der Waals surface area contributed by atoms with E-state index < -0.39 is 28.1 Å². The molecule has 0 atom stereocenters. The molecule has 0 aliphatic heterocycles. The van der Waals surface area contributed by atoms with Crippen molar-refractivity contribution in [1.29, 1.82) is 0 Å². The lowest BCUT2D eigenvalue weighted by Gasteiger charge is -2.00. The van der Waals surface area contributed by atoms with E-state index in [2.05, 4.69) is 15.1 Å². The highest BCUT2D eigenvalue weighted by Crippen LogP contribution is 2.17. The van der Waals surface area contributed by atoms with E-state index in [1.165, 1.54) is 16.8 Å². The molecule has 1 aromatic carbocycles. The molecule has 120 valence electrons. The zero-order valence-corrected chi connectivity index (χ0v) is 12.0. The van der Waals surface area contributed by atoms with E-state index in [0.717, 1.165) is 18.3 Å². The Kier molecular flexibility index (Phi) is 4.64. The Bertz CT molecular complexity index is 769. The zero-order valence-electron chi connectivity index (χ0n) is 12.0. The summed E-state index contributed by atoms with van der Waals surface area (Å²) in [5.41, 5.74) is 4.95. The molecule has 0 unspecified atom stereocenters. The van der Waals surface area contributed by atoms with Gasteiger partial charge in [-0.25, -0.2) is 9.18 Å². The highest BCUT2D eigenvalue weighted by atomic mass is 19.1. The lowest BCUT2D eigenvalue weighted by molar-refractivity contribution is -0.385. The molecule has 0 spiro atoms. The predicted molar refractivity (Wildman–Crippen MR) is 77.1 cm³/mol. The van der Waals surface area contributed by atoms with Crippen LogP contribution < -0.4 is 5.73 Å². The number of rotatable bonds is 5. The summed E-state index contributed by atoms with van der Waals surface area (Å²) >= 11 is 0. The van der Waals surface area contributed by atoms with E-state index in [4.69, 9.17) is 5.73 Å². The maximum Gasteiger partial charge on any atom is 0.393 e. The molecule has 0 saturated carbocycles. The number of nitrogens with two attached hydrogens (primary N) is 1. The number of hydrogen-bond donors (Lipinski definition) is 1. The summed E-state index contributed by atoms with van der Waals surface area (Å²) in [5.74, 6) is -1.76. The first-order valence-electron chi connectivity index (χ1n) is 6.45. The second-order valence-electron chi connectivity index (χ2n) is 4.34. The van der Waals surface area contributed by atoms with E-state index in [-0.39, 0.29) is 5.84 Å². The molecule has 0 bridgehead atoms. The second kappa shape index (κ2) is 6.64. The quantitative estimate of drug-likeness (QED) is 0.292. The van der Waals surface area contributed by atoms with Crippen molar-refractivity contribution in [1.82, 2.24) is 9.78 Å². The molecule has 0 saturated heterocycles. The molecular formula is C13H12FN5O4. The summed E-state index contributed by atoms with van der Waals surface area (Å²) in [6.07, 6.45) is 1.11. The zero-order chi connectivity index (χ0) is 17.0. The van der Waals surface area contributed by atoms with Crippen LogP contribution in [0.25, 0.3) is 0 Å². The molecule has 10 heteroatoms. The van der Waals surface area contributed by atoms with Crippen molar-refractivity contribution >= 4 is 17.5 Å². The van der Waals surface area contributed by atoms with Crippen LogP contribution in [0.2, 0.25) is 0 Å². The molecule has 0 amide bonds. The first-order valence-corrected chi connectivity index (χ1v) is 6.45. The average Bonchev–Trinajstić information content (AvgIpc) is 2.97. The SMILES string of the molecule is CCn1cc([N+](=O)[O-])c(C(=O)O/N=C(\N)c2ccc(F)cc2)n1. The number of nitrogens with zero attached hydrogens (tertiary/aromatic N) is 4. The summed E-state index contributed by atoms with van der Waals surface area (Å²) in [6.45, 7) is 2.05. The van der Waals surface area contributed by atoms with E-state index in [1.807, 2.05) is 0 Å². The Labute approximate surface area is 129 Å². The van der Waals surface area contributed by atoms with E-state index in [9.17, 15) is 19.3 Å². The third-order valence-corrected chi connectivity index (χ3v) is 2.82. The monoisotopic (exact) mass is 321 g/mol. The van der Waals surface area contributed by atoms with Crippen LogP contribution in [0.4, 0.5) is 10.1 Å². The number of aryl methyl sites for hydroxylation is 1. The molecule has 2 N–H and O–H groups in total. The Hall–Kier alpha value is -3.30.